The molecule has 0 spiro atoms. The molecule has 0 aromatic heterocycles. The van der Waals surface area contributed by atoms with Crippen molar-refractivity contribution in [1.82, 2.24) is 0 Å². The molecule has 2 nitrogen and oxygen atoms in total. The SMILES string of the molecule is CCC(C)CCC=C(C)C(OC)OC. The van der Waals surface area contributed by atoms with E-state index in [1.807, 2.05) is 6.92 Å². The highest BCUT2D eigenvalue weighted by Crippen LogP contribution is 2.13. The van der Waals surface area contributed by atoms with Crippen LogP contribution in [-0.4, -0.2) is 20.5 Å². The summed E-state index contributed by atoms with van der Waals surface area (Å²) in [6.45, 7) is 6.57. The van der Waals surface area contributed by atoms with Crippen molar-refractivity contribution in [3.05, 3.63) is 11.6 Å². The van der Waals surface area contributed by atoms with Gasteiger partial charge in [0.2, 0.25) is 0 Å². The Labute approximate surface area is 88.3 Å². The molecule has 0 bridgehead atoms. The Balaban J connectivity index is 3.86. The molecule has 2 heteroatoms. The van der Waals surface area contributed by atoms with Crippen molar-refractivity contribution in [2.45, 2.75) is 46.3 Å². The van der Waals surface area contributed by atoms with Gasteiger partial charge in [0.05, 0.1) is 0 Å². The molecule has 0 fully saturated rings. The first-order valence-electron chi connectivity index (χ1n) is 5.37. The number of allylic oxidation sites excluding steroid dienone is 1. The highest BCUT2D eigenvalue weighted by Gasteiger charge is 2.06. The fraction of sp³-hybridized carbons (Fsp3) is 0.833. The molecule has 0 heterocycles. The number of hydrogen-bond donors (Lipinski definition) is 0. The third-order valence-electron chi connectivity index (χ3n) is 2.62. The Morgan fingerprint density at radius 3 is 2.29 bits per heavy atom. The molecule has 0 aromatic rings. The molecule has 0 aliphatic carbocycles. The summed E-state index contributed by atoms with van der Waals surface area (Å²) in [5, 5.41) is 0. The summed E-state index contributed by atoms with van der Waals surface area (Å²) in [7, 11) is 3.33. The van der Waals surface area contributed by atoms with Crippen LogP contribution in [0.5, 0.6) is 0 Å². The zero-order chi connectivity index (χ0) is 11.0. The Morgan fingerprint density at radius 1 is 1.29 bits per heavy atom. The minimum Gasteiger partial charge on any atom is -0.352 e. The summed E-state index contributed by atoms with van der Waals surface area (Å²) in [6, 6.07) is 0. The van der Waals surface area contributed by atoms with Gasteiger partial charge in [-0.15, -0.1) is 0 Å². The average molecular weight is 200 g/mol. The number of rotatable bonds is 7. The van der Waals surface area contributed by atoms with E-state index in [0.29, 0.717) is 0 Å². The van der Waals surface area contributed by atoms with Crippen molar-refractivity contribution in [2.24, 2.45) is 5.92 Å². The number of ether oxygens (including phenoxy) is 2. The Bertz CT molecular complexity index is 160. The van der Waals surface area contributed by atoms with Crippen molar-refractivity contribution in [2.75, 3.05) is 14.2 Å². The molecule has 0 amide bonds. The molecule has 0 N–H and O–H groups in total. The topological polar surface area (TPSA) is 18.5 Å². The second-order valence-corrected chi connectivity index (χ2v) is 3.84. The Hall–Kier alpha value is -0.340. The highest BCUT2D eigenvalue weighted by atomic mass is 16.7. The van der Waals surface area contributed by atoms with E-state index in [4.69, 9.17) is 9.47 Å². The van der Waals surface area contributed by atoms with Gasteiger partial charge in [-0.1, -0.05) is 26.3 Å². The standard InChI is InChI=1S/C12H24O2/c1-6-10(2)8-7-9-11(3)12(13-4)14-5/h9-10,12H,6-8H2,1-5H3. The zero-order valence-corrected chi connectivity index (χ0v) is 10.2. The van der Waals surface area contributed by atoms with E-state index in [0.717, 1.165) is 12.3 Å². The molecular formula is C12H24O2. The molecule has 0 aliphatic rings. The van der Waals surface area contributed by atoms with Gasteiger partial charge in [0.1, 0.15) is 0 Å². The van der Waals surface area contributed by atoms with Gasteiger partial charge >= 0.3 is 0 Å². The van der Waals surface area contributed by atoms with Crippen molar-refractivity contribution in [3.8, 4) is 0 Å². The summed E-state index contributed by atoms with van der Waals surface area (Å²) in [4.78, 5) is 0. The van der Waals surface area contributed by atoms with Gasteiger partial charge in [0.15, 0.2) is 6.29 Å². The van der Waals surface area contributed by atoms with Crippen LogP contribution < -0.4 is 0 Å². The summed E-state index contributed by atoms with van der Waals surface area (Å²) in [5.74, 6) is 0.808. The summed E-state index contributed by atoms with van der Waals surface area (Å²) < 4.78 is 10.3. The smallest absolute Gasteiger partial charge is 0.178 e. The summed E-state index contributed by atoms with van der Waals surface area (Å²) in [5.41, 5.74) is 1.17. The lowest BCUT2D eigenvalue weighted by atomic mass is 10.0. The van der Waals surface area contributed by atoms with Gasteiger partial charge in [0.25, 0.3) is 0 Å². The second-order valence-electron chi connectivity index (χ2n) is 3.84. The van der Waals surface area contributed by atoms with Crippen LogP contribution in [0, 0.1) is 5.92 Å². The van der Waals surface area contributed by atoms with E-state index in [1.165, 1.54) is 18.4 Å². The van der Waals surface area contributed by atoms with E-state index in [2.05, 4.69) is 19.9 Å². The van der Waals surface area contributed by atoms with Crippen LogP contribution in [0.1, 0.15) is 40.0 Å². The lowest BCUT2D eigenvalue weighted by molar-refractivity contribution is -0.0749. The largest absolute Gasteiger partial charge is 0.352 e. The first-order valence-corrected chi connectivity index (χ1v) is 5.37. The first-order chi connectivity index (χ1) is 6.65. The van der Waals surface area contributed by atoms with Crippen molar-refractivity contribution >= 4 is 0 Å². The van der Waals surface area contributed by atoms with Crippen LogP contribution in [0.3, 0.4) is 0 Å². The van der Waals surface area contributed by atoms with Gasteiger partial charge in [-0.2, -0.15) is 0 Å². The summed E-state index contributed by atoms with van der Waals surface area (Å²) in [6.07, 6.45) is 5.65. The molecule has 1 atom stereocenters. The lowest BCUT2D eigenvalue weighted by Crippen LogP contribution is -2.14. The third-order valence-corrected chi connectivity index (χ3v) is 2.62. The molecule has 1 unspecified atom stereocenters. The van der Waals surface area contributed by atoms with E-state index >= 15 is 0 Å². The Kier molecular flexibility index (Phi) is 7.81. The second kappa shape index (κ2) is 8.01. The highest BCUT2D eigenvalue weighted by molar-refractivity contribution is 5.01. The van der Waals surface area contributed by atoms with Crippen molar-refractivity contribution in [3.63, 3.8) is 0 Å². The number of methoxy groups -OCH3 is 2. The predicted molar refractivity (Wildman–Crippen MR) is 60.3 cm³/mol. The Morgan fingerprint density at radius 2 is 1.86 bits per heavy atom. The molecule has 84 valence electrons. The van der Waals surface area contributed by atoms with Crippen molar-refractivity contribution in [1.29, 1.82) is 0 Å². The summed E-state index contributed by atoms with van der Waals surface area (Å²) >= 11 is 0. The van der Waals surface area contributed by atoms with Crippen LogP contribution in [0.2, 0.25) is 0 Å². The molecule has 0 aromatic carbocycles. The van der Waals surface area contributed by atoms with Gasteiger partial charge in [0, 0.05) is 14.2 Å². The van der Waals surface area contributed by atoms with Gasteiger partial charge in [-0.25, -0.2) is 0 Å². The maximum atomic E-state index is 5.15. The van der Waals surface area contributed by atoms with Crippen LogP contribution >= 0.6 is 0 Å². The monoisotopic (exact) mass is 200 g/mol. The molecule has 0 aliphatic heterocycles. The van der Waals surface area contributed by atoms with E-state index in [1.54, 1.807) is 14.2 Å². The molecular weight excluding hydrogens is 176 g/mol. The molecule has 0 saturated heterocycles. The maximum absolute atomic E-state index is 5.15. The molecule has 0 saturated carbocycles. The fourth-order valence-corrected chi connectivity index (χ4v) is 1.36. The van der Waals surface area contributed by atoms with E-state index in [-0.39, 0.29) is 6.29 Å². The van der Waals surface area contributed by atoms with Gasteiger partial charge in [-0.05, 0) is 31.3 Å². The van der Waals surface area contributed by atoms with Gasteiger partial charge < -0.3 is 9.47 Å². The maximum Gasteiger partial charge on any atom is 0.178 e. The van der Waals surface area contributed by atoms with Crippen LogP contribution in [0.15, 0.2) is 11.6 Å². The molecule has 0 rings (SSSR count). The molecule has 0 radical (unpaired) electrons. The average Bonchev–Trinajstić information content (AvgIpc) is 2.19. The normalized spacial score (nSPS) is 14.9. The first kappa shape index (κ1) is 13.7. The lowest BCUT2D eigenvalue weighted by Gasteiger charge is -2.14. The van der Waals surface area contributed by atoms with Crippen LogP contribution in [-0.2, 0) is 9.47 Å². The zero-order valence-electron chi connectivity index (χ0n) is 10.2. The number of hydrogen-bond acceptors (Lipinski definition) is 2. The minimum absolute atomic E-state index is 0.174. The molecule has 14 heavy (non-hydrogen) atoms. The van der Waals surface area contributed by atoms with E-state index < -0.39 is 0 Å². The minimum atomic E-state index is -0.174. The predicted octanol–water partition coefficient (Wildman–Crippen LogP) is 3.38. The quantitative estimate of drug-likeness (QED) is 0.463. The van der Waals surface area contributed by atoms with Crippen molar-refractivity contribution < 1.29 is 9.47 Å². The van der Waals surface area contributed by atoms with Crippen LogP contribution in [0.25, 0.3) is 0 Å². The van der Waals surface area contributed by atoms with Crippen LogP contribution in [0.4, 0.5) is 0 Å². The third kappa shape index (κ3) is 5.40. The van der Waals surface area contributed by atoms with E-state index in [9.17, 15) is 0 Å². The fourth-order valence-electron chi connectivity index (χ4n) is 1.36. The van der Waals surface area contributed by atoms with Gasteiger partial charge in [-0.3, -0.25) is 0 Å².